The van der Waals surface area contributed by atoms with Crippen molar-refractivity contribution in [2.75, 3.05) is 46.8 Å². The molecule has 0 bridgehead atoms. The second-order valence-electron chi connectivity index (χ2n) is 6.74. The average molecular weight is 371 g/mol. The van der Waals surface area contributed by atoms with E-state index in [1.165, 1.54) is 12.8 Å². The van der Waals surface area contributed by atoms with E-state index in [0.717, 1.165) is 39.1 Å². The number of nitrogens with zero attached hydrogens (tertiary/aromatic N) is 2. The van der Waals surface area contributed by atoms with E-state index in [1.807, 2.05) is 6.92 Å². The van der Waals surface area contributed by atoms with Gasteiger partial charge in [-0.1, -0.05) is 20.3 Å². The molecule has 0 saturated carbocycles. The number of likely N-dealkylation sites (N-methyl/N-ethyl adjacent to an activating group) is 1. The fourth-order valence-corrected chi connectivity index (χ4v) is 2.63. The molecule has 23 heavy (non-hydrogen) atoms. The molecule has 1 rings (SSSR count). The molecule has 140 valence electrons. The molecular formula is C16H36Cl2N4O. The number of nitrogens with two attached hydrogens (primary N) is 1. The molecule has 3 N–H and O–H groups in total. The van der Waals surface area contributed by atoms with E-state index in [2.05, 4.69) is 36.1 Å². The summed E-state index contributed by atoms with van der Waals surface area (Å²) < 4.78 is 0. The maximum atomic E-state index is 12.0. The lowest BCUT2D eigenvalue weighted by atomic mass is 9.95. The molecule has 1 amide bonds. The highest BCUT2D eigenvalue weighted by molar-refractivity contribution is 5.85. The second kappa shape index (κ2) is 13.2. The fourth-order valence-electron chi connectivity index (χ4n) is 2.63. The van der Waals surface area contributed by atoms with Crippen LogP contribution >= 0.6 is 24.8 Å². The summed E-state index contributed by atoms with van der Waals surface area (Å²) in [7, 11) is 4.23. The predicted octanol–water partition coefficient (Wildman–Crippen LogP) is 1.59. The molecule has 0 aromatic heterocycles. The second-order valence-corrected chi connectivity index (χ2v) is 6.74. The molecule has 0 aliphatic carbocycles. The van der Waals surface area contributed by atoms with Gasteiger partial charge in [0.25, 0.3) is 0 Å². The molecule has 1 fully saturated rings. The van der Waals surface area contributed by atoms with E-state index >= 15 is 0 Å². The molecule has 0 spiro atoms. The van der Waals surface area contributed by atoms with Crippen LogP contribution in [0.3, 0.4) is 0 Å². The number of carbonyl (C=O) groups is 1. The quantitative estimate of drug-likeness (QED) is 0.680. The lowest BCUT2D eigenvalue weighted by molar-refractivity contribution is -0.123. The average Bonchev–Trinajstić information content (AvgIpc) is 2.49. The number of hydrogen-bond acceptors (Lipinski definition) is 4. The number of rotatable bonds is 8. The van der Waals surface area contributed by atoms with Crippen molar-refractivity contribution in [1.29, 1.82) is 0 Å². The number of piperidine rings is 1. The minimum Gasteiger partial charge on any atom is -0.354 e. The van der Waals surface area contributed by atoms with Gasteiger partial charge < -0.3 is 20.9 Å². The number of likely N-dealkylation sites (tertiary alicyclic amines) is 1. The van der Waals surface area contributed by atoms with Crippen molar-refractivity contribution in [3.8, 4) is 0 Å². The topological polar surface area (TPSA) is 61.6 Å². The van der Waals surface area contributed by atoms with E-state index in [9.17, 15) is 4.79 Å². The SMILES string of the molecule is CCC(C)C(N)C(=O)NCC1CCN(CCN(C)C)CC1.Cl.Cl. The van der Waals surface area contributed by atoms with Crippen molar-refractivity contribution in [2.45, 2.75) is 39.2 Å². The fraction of sp³-hybridized carbons (Fsp3) is 0.938. The number of hydrogen-bond donors (Lipinski definition) is 2. The Labute approximate surface area is 154 Å². The Morgan fingerprint density at radius 3 is 2.35 bits per heavy atom. The lowest BCUT2D eigenvalue weighted by Gasteiger charge is -2.33. The third-order valence-corrected chi connectivity index (χ3v) is 4.70. The number of halogens is 2. The molecule has 0 aromatic rings. The van der Waals surface area contributed by atoms with E-state index in [0.29, 0.717) is 5.92 Å². The largest absolute Gasteiger partial charge is 0.354 e. The van der Waals surface area contributed by atoms with Crippen LogP contribution in [0.15, 0.2) is 0 Å². The van der Waals surface area contributed by atoms with Crippen molar-refractivity contribution < 1.29 is 4.79 Å². The summed E-state index contributed by atoms with van der Waals surface area (Å²) in [5.41, 5.74) is 5.95. The number of carbonyl (C=O) groups excluding carboxylic acids is 1. The summed E-state index contributed by atoms with van der Waals surface area (Å²) in [5, 5.41) is 3.04. The summed E-state index contributed by atoms with van der Waals surface area (Å²) in [6.07, 6.45) is 3.29. The van der Waals surface area contributed by atoms with Crippen LogP contribution < -0.4 is 11.1 Å². The molecule has 1 aliphatic rings. The molecule has 1 heterocycles. The van der Waals surface area contributed by atoms with E-state index < -0.39 is 0 Å². The minimum absolute atomic E-state index is 0. The Bertz CT molecular complexity index is 310. The molecule has 0 radical (unpaired) electrons. The van der Waals surface area contributed by atoms with Gasteiger partial charge in [-0.15, -0.1) is 24.8 Å². The first-order valence-electron chi connectivity index (χ1n) is 8.34. The monoisotopic (exact) mass is 370 g/mol. The van der Waals surface area contributed by atoms with Gasteiger partial charge in [0.1, 0.15) is 0 Å². The lowest BCUT2D eigenvalue weighted by Crippen LogP contribution is -2.47. The van der Waals surface area contributed by atoms with Crippen LogP contribution in [0.4, 0.5) is 0 Å². The number of nitrogens with one attached hydrogen (secondary N) is 1. The zero-order valence-electron chi connectivity index (χ0n) is 15.1. The van der Waals surface area contributed by atoms with Gasteiger partial charge in [-0.3, -0.25) is 4.79 Å². The van der Waals surface area contributed by atoms with Gasteiger partial charge in [0.15, 0.2) is 0 Å². The molecular weight excluding hydrogens is 335 g/mol. The summed E-state index contributed by atoms with van der Waals surface area (Å²) in [5.74, 6) is 0.867. The van der Waals surface area contributed by atoms with Crippen LogP contribution in [-0.2, 0) is 4.79 Å². The van der Waals surface area contributed by atoms with Gasteiger partial charge in [-0.05, 0) is 51.9 Å². The third-order valence-electron chi connectivity index (χ3n) is 4.70. The third kappa shape index (κ3) is 9.72. The van der Waals surface area contributed by atoms with Crippen LogP contribution in [0.5, 0.6) is 0 Å². The van der Waals surface area contributed by atoms with E-state index in [4.69, 9.17) is 5.73 Å². The first-order chi connectivity index (χ1) is 9.93. The maximum absolute atomic E-state index is 12.0. The summed E-state index contributed by atoms with van der Waals surface area (Å²) >= 11 is 0. The van der Waals surface area contributed by atoms with Gasteiger partial charge in [0, 0.05) is 19.6 Å². The van der Waals surface area contributed by atoms with Gasteiger partial charge >= 0.3 is 0 Å². The summed E-state index contributed by atoms with van der Waals surface area (Å²) in [4.78, 5) is 16.7. The van der Waals surface area contributed by atoms with Gasteiger partial charge in [0.2, 0.25) is 5.91 Å². The smallest absolute Gasteiger partial charge is 0.237 e. The Morgan fingerprint density at radius 1 is 1.30 bits per heavy atom. The maximum Gasteiger partial charge on any atom is 0.237 e. The number of amides is 1. The molecule has 2 unspecified atom stereocenters. The Morgan fingerprint density at radius 2 is 1.87 bits per heavy atom. The normalized spacial score (nSPS) is 18.7. The Kier molecular flexibility index (Phi) is 14.5. The van der Waals surface area contributed by atoms with Crippen molar-refractivity contribution in [3.63, 3.8) is 0 Å². The molecule has 5 nitrogen and oxygen atoms in total. The van der Waals surface area contributed by atoms with Crippen molar-refractivity contribution in [3.05, 3.63) is 0 Å². The highest BCUT2D eigenvalue weighted by Gasteiger charge is 2.22. The van der Waals surface area contributed by atoms with Gasteiger partial charge in [-0.2, -0.15) is 0 Å². The Hall–Kier alpha value is -0.0700. The molecule has 7 heteroatoms. The Balaban J connectivity index is 0. The van der Waals surface area contributed by atoms with Crippen LogP contribution in [0.25, 0.3) is 0 Å². The molecule has 1 aliphatic heterocycles. The summed E-state index contributed by atoms with van der Waals surface area (Å²) in [6, 6.07) is -0.366. The molecule has 0 aromatic carbocycles. The van der Waals surface area contributed by atoms with E-state index in [1.54, 1.807) is 0 Å². The van der Waals surface area contributed by atoms with Crippen molar-refractivity contribution in [2.24, 2.45) is 17.6 Å². The minimum atomic E-state index is -0.366. The van der Waals surface area contributed by atoms with Crippen LogP contribution in [0, 0.1) is 11.8 Å². The van der Waals surface area contributed by atoms with Crippen LogP contribution in [-0.4, -0.2) is 68.6 Å². The highest BCUT2D eigenvalue weighted by atomic mass is 35.5. The molecule has 1 saturated heterocycles. The van der Waals surface area contributed by atoms with Crippen molar-refractivity contribution in [1.82, 2.24) is 15.1 Å². The van der Waals surface area contributed by atoms with Crippen molar-refractivity contribution >= 4 is 30.7 Å². The van der Waals surface area contributed by atoms with Gasteiger partial charge in [0.05, 0.1) is 6.04 Å². The van der Waals surface area contributed by atoms with Gasteiger partial charge in [-0.25, -0.2) is 0 Å². The highest BCUT2D eigenvalue weighted by Crippen LogP contribution is 2.16. The zero-order chi connectivity index (χ0) is 15.8. The van der Waals surface area contributed by atoms with Crippen LogP contribution in [0.2, 0.25) is 0 Å². The predicted molar refractivity (Wildman–Crippen MR) is 103 cm³/mol. The zero-order valence-corrected chi connectivity index (χ0v) is 16.7. The molecule has 2 atom stereocenters. The van der Waals surface area contributed by atoms with E-state index in [-0.39, 0.29) is 42.7 Å². The standard InChI is InChI=1S/C16H34N4O.2ClH/c1-5-13(2)15(17)16(21)18-12-14-6-8-20(9-7-14)11-10-19(3)4;;/h13-15H,5-12,17H2,1-4H3,(H,18,21);2*1H. The first-order valence-corrected chi connectivity index (χ1v) is 8.34. The first kappa shape index (κ1) is 25.2. The van der Waals surface area contributed by atoms with Crippen LogP contribution in [0.1, 0.15) is 33.1 Å². The summed E-state index contributed by atoms with van der Waals surface area (Å²) in [6.45, 7) is 9.44.